The maximum Gasteiger partial charge on any atom is 0.151 e. The summed E-state index contributed by atoms with van der Waals surface area (Å²) in [6.45, 7) is 0. The molecule has 0 fully saturated rings. The normalized spacial score (nSPS) is 9.00. The topological polar surface area (TPSA) is 17.1 Å². The summed E-state index contributed by atoms with van der Waals surface area (Å²) < 4.78 is 12.8. The van der Waals surface area contributed by atoms with Crippen LogP contribution in [0.15, 0.2) is 18.2 Å². The van der Waals surface area contributed by atoms with Gasteiger partial charge in [-0.1, -0.05) is 11.8 Å². The number of carbonyl (C=O) groups excluding carboxylic acids is 1. The smallest absolute Gasteiger partial charge is 0.151 e. The number of hydrogen-bond donors (Lipinski definition) is 0. The summed E-state index contributed by atoms with van der Waals surface area (Å²) in [5, 5.41) is 0. The van der Waals surface area contributed by atoms with Crippen molar-refractivity contribution in [2.24, 2.45) is 0 Å². The molecule has 0 amide bonds. The molecule has 0 bridgehead atoms. The Morgan fingerprint density at radius 2 is 2.29 bits per heavy atom. The van der Waals surface area contributed by atoms with E-state index in [0.29, 0.717) is 29.7 Å². The third-order valence-corrected chi connectivity index (χ3v) is 1.77. The first kappa shape index (κ1) is 10.7. The number of benzene rings is 1. The van der Waals surface area contributed by atoms with Gasteiger partial charge in [-0.2, -0.15) is 0 Å². The van der Waals surface area contributed by atoms with Gasteiger partial charge in [0.2, 0.25) is 0 Å². The maximum atomic E-state index is 12.8. The van der Waals surface area contributed by atoms with E-state index in [1.54, 1.807) is 0 Å². The standard InChI is InChI=1S/C11H8ClFO/c12-6-2-1-3-9-7-11(13)5-4-10(9)8-14/h4-5,7-8H,2,6H2. The van der Waals surface area contributed by atoms with Crippen molar-refractivity contribution in [3.8, 4) is 11.8 Å². The van der Waals surface area contributed by atoms with Crippen molar-refractivity contribution in [2.75, 3.05) is 5.88 Å². The summed E-state index contributed by atoms with van der Waals surface area (Å²) in [5.74, 6) is 5.48. The molecule has 72 valence electrons. The summed E-state index contributed by atoms with van der Waals surface area (Å²) >= 11 is 5.43. The Labute approximate surface area is 86.9 Å². The highest BCUT2D eigenvalue weighted by atomic mass is 35.5. The van der Waals surface area contributed by atoms with Crippen LogP contribution in [0.25, 0.3) is 0 Å². The SMILES string of the molecule is O=Cc1ccc(F)cc1C#CCCCl. The van der Waals surface area contributed by atoms with E-state index in [2.05, 4.69) is 11.8 Å². The minimum atomic E-state index is -0.397. The number of halogens is 2. The van der Waals surface area contributed by atoms with Crippen molar-refractivity contribution < 1.29 is 9.18 Å². The van der Waals surface area contributed by atoms with Gasteiger partial charge in [0.25, 0.3) is 0 Å². The average Bonchev–Trinajstić information content (AvgIpc) is 2.19. The Kier molecular flexibility index (Phi) is 4.15. The van der Waals surface area contributed by atoms with Crippen LogP contribution < -0.4 is 0 Å². The minimum absolute atomic E-state index is 0.397. The molecule has 1 rings (SSSR count). The summed E-state index contributed by atoms with van der Waals surface area (Å²) in [4.78, 5) is 10.6. The van der Waals surface area contributed by atoms with Crippen LogP contribution >= 0.6 is 11.6 Å². The van der Waals surface area contributed by atoms with Gasteiger partial charge in [-0.3, -0.25) is 4.79 Å². The Balaban J connectivity index is 3.00. The van der Waals surface area contributed by atoms with Gasteiger partial charge >= 0.3 is 0 Å². The van der Waals surface area contributed by atoms with E-state index in [9.17, 15) is 9.18 Å². The zero-order chi connectivity index (χ0) is 10.4. The van der Waals surface area contributed by atoms with Gasteiger partial charge in [0.05, 0.1) is 0 Å². The van der Waals surface area contributed by atoms with Gasteiger partial charge < -0.3 is 0 Å². The van der Waals surface area contributed by atoms with Crippen LogP contribution in [0.2, 0.25) is 0 Å². The van der Waals surface area contributed by atoms with Gasteiger partial charge in [0.1, 0.15) is 5.82 Å². The molecule has 0 unspecified atom stereocenters. The number of hydrogen-bond acceptors (Lipinski definition) is 1. The molecule has 0 saturated heterocycles. The van der Waals surface area contributed by atoms with E-state index < -0.39 is 5.82 Å². The molecular weight excluding hydrogens is 203 g/mol. The van der Waals surface area contributed by atoms with E-state index in [0.717, 1.165) is 0 Å². The van der Waals surface area contributed by atoms with Crippen LogP contribution in [0.5, 0.6) is 0 Å². The molecule has 0 atom stereocenters. The lowest BCUT2D eigenvalue weighted by atomic mass is 10.1. The quantitative estimate of drug-likeness (QED) is 0.417. The van der Waals surface area contributed by atoms with Gasteiger partial charge in [-0.15, -0.1) is 11.6 Å². The summed E-state index contributed by atoms with van der Waals surface area (Å²) in [6.07, 6.45) is 1.18. The number of aldehydes is 1. The van der Waals surface area contributed by atoms with Gasteiger partial charge in [0, 0.05) is 23.4 Å². The van der Waals surface area contributed by atoms with Crippen LogP contribution in [0.4, 0.5) is 4.39 Å². The Bertz CT molecular complexity index is 390. The van der Waals surface area contributed by atoms with Crippen LogP contribution in [0.1, 0.15) is 22.3 Å². The molecular formula is C11H8ClFO. The molecule has 0 aliphatic heterocycles. The Morgan fingerprint density at radius 3 is 2.93 bits per heavy atom. The predicted molar refractivity (Wildman–Crippen MR) is 54.0 cm³/mol. The monoisotopic (exact) mass is 210 g/mol. The van der Waals surface area contributed by atoms with E-state index in [4.69, 9.17) is 11.6 Å². The maximum absolute atomic E-state index is 12.8. The molecule has 0 radical (unpaired) electrons. The zero-order valence-corrected chi connectivity index (χ0v) is 8.14. The third-order valence-electron chi connectivity index (χ3n) is 1.58. The fourth-order valence-electron chi connectivity index (χ4n) is 0.944. The second kappa shape index (κ2) is 5.41. The second-order valence-corrected chi connectivity index (χ2v) is 2.97. The largest absolute Gasteiger partial charge is 0.298 e. The predicted octanol–water partition coefficient (Wildman–Crippen LogP) is 2.62. The Morgan fingerprint density at radius 1 is 1.50 bits per heavy atom. The molecule has 0 aliphatic carbocycles. The Hall–Kier alpha value is -1.33. The first-order chi connectivity index (χ1) is 6.77. The lowest BCUT2D eigenvalue weighted by Gasteiger charge is -1.95. The van der Waals surface area contributed by atoms with Crippen LogP contribution in [0, 0.1) is 17.7 Å². The number of carbonyl (C=O) groups is 1. The average molecular weight is 211 g/mol. The fourth-order valence-corrected chi connectivity index (χ4v) is 1.04. The van der Waals surface area contributed by atoms with Crippen LogP contribution in [-0.4, -0.2) is 12.2 Å². The van der Waals surface area contributed by atoms with Crippen molar-refractivity contribution in [2.45, 2.75) is 6.42 Å². The van der Waals surface area contributed by atoms with Crippen molar-refractivity contribution in [3.05, 3.63) is 35.1 Å². The highest BCUT2D eigenvalue weighted by molar-refractivity contribution is 6.18. The number of alkyl halides is 1. The molecule has 1 nitrogen and oxygen atoms in total. The highest BCUT2D eigenvalue weighted by Gasteiger charge is 1.99. The first-order valence-corrected chi connectivity index (χ1v) is 4.61. The highest BCUT2D eigenvalue weighted by Crippen LogP contribution is 2.07. The lowest BCUT2D eigenvalue weighted by Crippen LogP contribution is -1.88. The van der Waals surface area contributed by atoms with Crippen molar-refractivity contribution >= 4 is 17.9 Å². The lowest BCUT2D eigenvalue weighted by molar-refractivity contribution is 0.112. The van der Waals surface area contributed by atoms with Crippen LogP contribution in [-0.2, 0) is 0 Å². The van der Waals surface area contributed by atoms with E-state index >= 15 is 0 Å². The molecule has 0 aliphatic rings. The molecule has 0 aromatic heterocycles. The van der Waals surface area contributed by atoms with Crippen LogP contribution in [0.3, 0.4) is 0 Å². The number of rotatable bonds is 2. The van der Waals surface area contributed by atoms with E-state index in [-0.39, 0.29) is 0 Å². The van der Waals surface area contributed by atoms with Gasteiger partial charge in [-0.05, 0) is 18.2 Å². The van der Waals surface area contributed by atoms with Crippen molar-refractivity contribution in [3.63, 3.8) is 0 Å². The molecule has 0 heterocycles. The first-order valence-electron chi connectivity index (χ1n) is 4.07. The molecule has 1 aromatic carbocycles. The molecule has 1 aromatic rings. The summed E-state index contributed by atoms with van der Waals surface area (Å²) in [5.41, 5.74) is 0.804. The zero-order valence-electron chi connectivity index (χ0n) is 7.39. The molecule has 0 saturated carbocycles. The minimum Gasteiger partial charge on any atom is -0.298 e. The van der Waals surface area contributed by atoms with Crippen molar-refractivity contribution in [1.82, 2.24) is 0 Å². The second-order valence-electron chi connectivity index (χ2n) is 2.59. The molecule has 14 heavy (non-hydrogen) atoms. The molecule has 3 heteroatoms. The van der Waals surface area contributed by atoms with Crippen molar-refractivity contribution in [1.29, 1.82) is 0 Å². The van der Waals surface area contributed by atoms with Gasteiger partial charge in [0.15, 0.2) is 6.29 Å². The molecule has 0 spiro atoms. The van der Waals surface area contributed by atoms with Gasteiger partial charge in [-0.25, -0.2) is 4.39 Å². The van der Waals surface area contributed by atoms with E-state index in [1.165, 1.54) is 18.2 Å². The third kappa shape index (κ3) is 2.86. The molecule has 0 N–H and O–H groups in total. The summed E-state index contributed by atoms with van der Waals surface area (Å²) in [6, 6.07) is 3.88. The fraction of sp³-hybridized carbons (Fsp3) is 0.182. The van der Waals surface area contributed by atoms with E-state index in [1.807, 2.05) is 0 Å². The summed E-state index contributed by atoms with van der Waals surface area (Å²) in [7, 11) is 0.